The van der Waals surface area contributed by atoms with Gasteiger partial charge in [-0.1, -0.05) is 17.7 Å². The summed E-state index contributed by atoms with van der Waals surface area (Å²) >= 11 is 6.17. The van der Waals surface area contributed by atoms with Crippen LogP contribution >= 0.6 is 11.6 Å². The number of hydrogen-bond donors (Lipinski definition) is 2. The van der Waals surface area contributed by atoms with Gasteiger partial charge >= 0.3 is 6.09 Å². The lowest BCUT2D eigenvalue weighted by Gasteiger charge is -2.23. The van der Waals surface area contributed by atoms with Crippen LogP contribution in [0, 0.1) is 6.92 Å². The normalized spacial score (nSPS) is 12.0. The zero-order chi connectivity index (χ0) is 17.8. The number of halogens is 1. The fraction of sp³-hybridized carbons (Fsp3) is 0.533. The molecule has 3 N–H and O–H groups in total. The van der Waals surface area contributed by atoms with Crippen molar-refractivity contribution in [3.63, 3.8) is 0 Å². The molecule has 0 aliphatic heterocycles. The molecule has 6 nitrogen and oxygen atoms in total. The van der Waals surface area contributed by atoms with Crippen molar-refractivity contribution in [2.24, 2.45) is 5.73 Å². The largest absolute Gasteiger partial charge is 0.444 e. The number of ether oxygens (including phenoxy) is 1. The molecule has 0 fully saturated rings. The van der Waals surface area contributed by atoms with Crippen molar-refractivity contribution in [1.82, 2.24) is 0 Å². The SMILES string of the molecule is Cc1cc(CCCC(C)(C)OC(N)=O)cc(Cl)c1NS(C)(=O)=O. The molecule has 0 heterocycles. The highest BCUT2D eigenvalue weighted by Crippen LogP contribution is 2.29. The van der Waals surface area contributed by atoms with Gasteiger partial charge in [-0.15, -0.1) is 0 Å². The number of hydrogen-bond acceptors (Lipinski definition) is 4. The van der Waals surface area contributed by atoms with Crippen molar-refractivity contribution < 1.29 is 17.9 Å². The quantitative estimate of drug-likeness (QED) is 0.777. The van der Waals surface area contributed by atoms with Gasteiger partial charge in [0.25, 0.3) is 0 Å². The summed E-state index contributed by atoms with van der Waals surface area (Å²) in [6.45, 7) is 5.40. The molecule has 0 bridgehead atoms. The smallest absolute Gasteiger partial charge is 0.405 e. The molecule has 0 aliphatic rings. The highest BCUT2D eigenvalue weighted by Gasteiger charge is 2.21. The maximum atomic E-state index is 11.3. The van der Waals surface area contributed by atoms with E-state index in [4.69, 9.17) is 22.1 Å². The van der Waals surface area contributed by atoms with Gasteiger partial charge in [0, 0.05) is 0 Å². The molecule has 8 heteroatoms. The molecule has 1 amide bonds. The maximum absolute atomic E-state index is 11.3. The van der Waals surface area contributed by atoms with Crippen molar-refractivity contribution in [1.29, 1.82) is 0 Å². The van der Waals surface area contributed by atoms with E-state index in [1.165, 1.54) is 0 Å². The second kappa shape index (κ2) is 7.40. The summed E-state index contributed by atoms with van der Waals surface area (Å²) in [6, 6.07) is 3.63. The molecule has 0 spiro atoms. The molecule has 1 rings (SSSR count). The molecular weight excluding hydrogens is 340 g/mol. The van der Waals surface area contributed by atoms with Crippen LogP contribution in [0.25, 0.3) is 0 Å². The third-order valence-corrected chi connectivity index (χ3v) is 4.13. The molecule has 0 radical (unpaired) electrons. The zero-order valence-electron chi connectivity index (χ0n) is 13.8. The van der Waals surface area contributed by atoms with Gasteiger partial charge in [-0.3, -0.25) is 4.72 Å². The van der Waals surface area contributed by atoms with Gasteiger partial charge in [0.15, 0.2) is 0 Å². The second-order valence-electron chi connectivity index (χ2n) is 6.18. The van der Waals surface area contributed by atoms with E-state index >= 15 is 0 Å². The predicted molar refractivity (Wildman–Crippen MR) is 92.3 cm³/mol. The van der Waals surface area contributed by atoms with Crippen LogP contribution in [0.5, 0.6) is 0 Å². The molecule has 0 aromatic heterocycles. The maximum Gasteiger partial charge on any atom is 0.405 e. The molecular formula is C15H23ClN2O4S. The molecule has 23 heavy (non-hydrogen) atoms. The van der Waals surface area contributed by atoms with Gasteiger partial charge in [0.2, 0.25) is 10.0 Å². The second-order valence-corrected chi connectivity index (χ2v) is 8.33. The fourth-order valence-electron chi connectivity index (χ4n) is 2.32. The standard InChI is InChI=1S/C15H23ClN2O4S/c1-10-8-11(6-5-7-15(2,3)22-14(17)19)9-12(16)13(10)18-23(4,20)21/h8-9,18H,5-7H2,1-4H3,(H2,17,19). The van der Waals surface area contributed by atoms with Crippen LogP contribution in [0.2, 0.25) is 5.02 Å². The Hall–Kier alpha value is -1.47. The van der Waals surface area contributed by atoms with E-state index in [9.17, 15) is 13.2 Å². The minimum Gasteiger partial charge on any atom is -0.444 e. The van der Waals surface area contributed by atoms with Gasteiger partial charge < -0.3 is 10.5 Å². The number of primary amides is 1. The summed E-state index contributed by atoms with van der Waals surface area (Å²) in [4.78, 5) is 10.8. The zero-order valence-corrected chi connectivity index (χ0v) is 15.3. The number of nitrogens with one attached hydrogen (secondary N) is 1. The number of anilines is 1. The van der Waals surface area contributed by atoms with Crippen molar-refractivity contribution >= 4 is 33.4 Å². The van der Waals surface area contributed by atoms with Crippen LogP contribution in [0.3, 0.4) is 0 Å². The Morgan fingerprint density at radius 1 is 1.39 bits per heavy atom. The lowest BCUT2D eigenvalue weighted by atomic mass is 9.97. The van der Waals surface area contributed by atoms with Crippen molar-refractivity contribution in [2.45, 2.75) is 45.6 Å². The van der Waals surface area contributed by atoms with Crippen LogP contribution in [0.4, 0.5) is 10.5 Å². The Kier molecular flexibility index (Phi) is 6.30. The topological polar surface area (TPSA) is 98.5 Å². The van der Waals surface area contributed by atoms with Gasteiger partial charge in [-0.05, 0) is 57.2 Å². The van der Waals surface area contributed by atoms with Crippen LogP contribution in [0.15, 0.2) is 12.1 Å². The predicted octanol–water partition coefficient (Wildman–Crippen LogP) is 3.22. The molecule has 0 atom stereocenters. The van der Waals surface area contributed by atoms with Crippen LogP contribution in [-0.2, 0) is 21.2 Å². The van der Waals surface area contributed by atoms with Crippen LogP contribution in [-0.4, -0.2) is 26.4 Å². The average molecular weight is 363 g/mol. The minimum absolute atomic E-state index is 0.359. The third-order valence-electron chi connectivity index (χ3n) is 3.26. The van der Waals surface area contributed by atoms with E-state index in [0.29, 0.717) is 17.1 Å². The summed E-state index contributed by atoms with van der Waals surface area (Å²) in [5.41, 5.74) is 6.55. The van der Waals surface area contributed by atoms with Crippen molar-refractivity contribution in [2.75, 3.05) is 11.0 Å². The Morgan fingerprint density at radius 3 is 2.48 bits per heavy atom. The minimum atomic E-state index is -3.38. The Balaban J connectivity index is 2.75. The molecule has 130 valence electrons. The summed E-state index contributed by atoms with van der Waals surface area (Å²) in [5, 5.41) is 0.359. The van der Waals surface area contributed by atoms with Crippen LogP contribution in [0.1, 0.15) is 37.8 Å². The molecule has 0 saturated carbocycles. The summed E-state index contributed by atoms with van der Waals surface area (Å²) in [6.07, 6.45) is 2.44. The van der Waals surface area contributed by atoms with Gasteiger partial charge in [-0.2, -0.15) is 0 Å². The lowest BCUT2D eigenvalue weighted by Crippen LogP contribution is -2.31. The number of aryl methyl sites for hydroxylation is 2. The van der Waals surface area contributed by atoms with E-state index in [-0.39, 0.29) is 0 Å². The van der Waals surface area contributed by atoms with Gasteiger partial charge in [0.05, 0.1) is 17.0 Å². The summed E-state index contributed by atoms with van der Waals surface area (Å²) < 4.78 is 30.1. The summed E-state index contributed by atoms with van der Waals surface area (Å²) in [7, 11) is -3.38. The van der Waals surface area contributed by atoms with E-state index in [1.807, 2.05) is 6.07 Å². The van der Waals surface area contributed by atoms with Crippen molar-refractivity contribution in [3.05, 3.63) is 28.3 Å². The highest BCUT2D eigenvalue weighted by atomic mass is 35.5. The van der Waals surface area contributed by atoms with E-state index in [2.05, 4.69) is 4.72 Å². The molecule has 0 unspecified atom stereocenters. The first-order valence-electron chi connectivity index (χ1n) is 7.15. The number of rotatable bonds is 7. The third kappa shape index (κ3) is 7.09. The lowest BCUT2D eigenvalue weighted by molar-refractivity contribution is 0.0378. The molecule has 1 aromatic carbocycles. The number of nitrogens with two attached hydrogens (primary N) is 1. The Bertz CT molecular complexity index is 664. The number of carbonyl (C=O) groups excluding carboxylic acids is 1. The number of carbonyl (C=O) groups is 1. The first kappa shape index (κ1) is 19.6. The Labute approximate surface area is 142 Å². The number of sulfonamides is 1. The van der Waals surface area contributed by atoms with Crippen LogP contribution < -0.4 is 10.5 Å². The van der Waals surface area contributed by atoms with E-state index in [0.717, 1.165) is 30.2 Å². The first-order chi connectivity index (χ1) is 10.4. The van der Waals surface area contributed by atoms with E-state index in [1.54, 1.807) is 26.8 Å². The molecule has 0 aliphatic carbocycles. The fourth-order valence-corrected chi connectivity index (χ4v) is 3.35. The summed E-state index contributed by atoms with van der Waals surface area (Å²) in [5.74, 6) is 0. The monoisotopic (exact) mass is 362 g/mol. The molecule has 1 aromatic rings. The van der Waals surface area contributed by atoms with Crippen molar-refractivity contribution in [3.8, 4) is 0 Å². The van der Waals surface area contributed by atoms with Gasteiger partial charge in [-0.25, -0.2) is 13.2 Å². The average Bonchev–Trinajstić information content (AvgIpc) is 2.30. The number of benzene rings is 1. The highest BCUT2D eigenvalue weighted by molar-refractivity contribution is 7.92. The Morgan fingerprint density at radius 2 is 2.00 bits per heavy atom. The van der Waals surface area contributed by atoms with Gasteiger partial charge in [0.1, 0.15) is 5.60 Å². The van der Waals surface area contributed by atoms with E-state index < -0.39 is 21.7 Å². The number of amides is 1. The molecule has 0 saturated heterocycles. The first-order valence-corrected chi connectivity index (χ1v) is 9.42.